The summed E-state index contributed by atoms with van der Waals surface area (Å²) < 4.78 is 0. The van der Waals surface area contributed by atoms with Gasteiger partial charge in [0.2, 0.25) is 11.8 Å². The highest BCUT2D eigenvalue weighted by atomic mass is 16.3. The van der Waals surface area contributed by atoms with Gasteiger partial charge in [-0.05, 0) is 31.1 Å². The molecule has 5 nitrogen and oxygen atoms in total. The van der Waals surface area contributed by atoms with Crippen LogP contribution in [0.1, 0.15) is 66.7 Å². The Morgan fingerprint density at radius 2 is 1.33 bits per heavy atom. The Bertz CT molecular complexity index is 359. The first kappa shape index (κ1) is 22.9. The van der Waals surface area contributed by atoms with Gasteiger partial charge in [0, 0.05) is 24.9 Å². The van der Waals surface area contributed by atoms with Gasteiger partial charge in [0.1, 0.15) is 0 Å². The van der Waals surface area contributed by atoms with Crippen molar-refractivity contribution in [2.45, 2.75) is 66.7 Å². The van der Waals surface area contributed by atoms with E-state index in [0.717, 1.165) is 32.1 Å². The third-order valence-corrected chi connectivity index (χ3v) is 4.67. The predicted molar refractivity (Wildman–Crippen MR) is 98.5 cm³/mol. The molecule has 3 atom stereocenters. The van der Waals surface area contributed by atoms with Crippen LogP contribution < -0.4 is 10.6 Å². The standard InChI is InChI=1S/C19H38N2O3/c1-6-8-16(14(3)4)18(23)20-11-10-15(5)17(9-7-2)19(24)21-12-13-22/h14-17,22H,6-13H2,1-5H3,(H,20,23)(H,21,24)/t15?,16-,17-/m1/s1. The summed E-state index contributed by atoms with van der Waals surface area (Å²) in [6.07, 6.45) is 4.49. The Morgan fingerprint density at radius 3 is 1.83 bits per heavy atom. The Labute approximate surface area is 148 Å². The highest BCUT2D eigenvalue weighted by Gasteiger charge is 2.25. The number of hydrogen-bond acceptors (Lipinski definition) is 3. The SMILES string of the molecule is CCC[C@@H](C(=O)NCCC(C)[C@@H](CCC)C(=O)NCCO)C(C)C. The van der Waals surface area contributed by atoms with Crippen LogP contribution in [0.25, 0.3) is 0 Å². The molecule has 2 amide bonds. The van der Waals surface area contributed by atoms with Crippen molar-refractivity contribution in [3.63, 3.8) is 0 Å². The number of carbonyl (C=O) groups excluding carboxylic acids is 2. The van der Waals surface area contributed by atoms with E-state index in [1.54, 1.807) is 0 Å². The van der Waals surface area contributed by atoms with Crippen LogP contribution in [0, 0.1) is 23.7 Å². The molecule has 3 N–H and O–H groups in total. The fraction of sp³-hybridized carbons (Fsp3) is 0.895. The summed E-state index contributed by atoms with van der Waals surface area (Å²) in [7, 11) is 0. The van der Waals surface area contributed by atoms with E-state index in [0.29, 0.717) is 19.0 Å². The zero-order valence-electron chi connectivity index (χ0n) is 16.2. The van der Waals surface area contributed by atoms with E-state index < -0.39 is 0 Å². The summed E-state index contributed by atoms with van der Waals surface area (Å²) >= 11 is 0. The number of carbonyl (C=O) groups is 2. The molecule has 0 saturated heterocycles. The smallest absolute Gasteiger partial charge is 0.223 e. The zero-order valence-corrected chi connectivity index (χ0v) is 16.2. The molecule has 142 valence electrons. The molecule has 0 aromatic rings. The van der Waals surface area contributed by atoms with Gasteiger partial charge >= 0.3 is 0 Å². The molecule has 0 fully saturated rings. The average Bonchev–Trinajstić information content (AvgIpc) is 2.54. The zero-order chi connectivity index (χ0) is 18.5. The molecule has 0 aliphatic heterocycles. The van der Waals surface area contributed by atoms with Crippen LogP contribution in [-0.2, 0) is 9.59 Å². The highest BCUT2D eigenvalue weighted by Crippen LogP contribution is 2.21. The number of aliphatic hydroxyl groups is 1. The molecule has 0 rings (SSSR count). The van der Waals surface area contributed by atoms with Crippen molar-refractivity contribution in [3.8, 4) is 0 Å². The first-order valence-electron chi connectivity index (χ1n) is 9.55. The van der Waals surface area contributed by atoms with Gasteiger partial charge < -0.3 is 15.7 Å². The second-order valence-corrected chi connectivity index (χ2v) is 7.11. The van der Waals surface area contributed by atoms with Crippen molar-refractivity contribution in [2.24, 2.45) is 23.7 Å². The minimum atomic E-state index is -0.0602. The van der Waals surface area contributed by atoms with E-state index in [4.69, 9.17) is 5.11 Å². The van der Waals surface area contributed by atoms with Gasteiger partial charge in [-0.25, -0.2) is 0 Å². The van der Waals surface area contributed by atoms with Crippen molar-refractivity contribution in [2.75, 3.05) is 19.7 Å². The van der Waals surface area contributed by atoms with Crippen LogP contribution in [0.5, 0.6) is 0 Å². The van der Waals surface area contributed by atoms with E-state index in [2.05, 4.69) is 45.3 Å². The van der Waals surface area contributed by atoms with Crippen molar-refractivity contribution in [3.05, 3.63) is 0 Å². The largest absolute Gasteiger partial charge is 0.395 e. The van der Waals surface area contributed by atoms with Crippen LogP contribution >= 0.6 is 0 Å². The van der Waals surface area contributed by atoms with Crippen LogP contribution in [0.2, 0.25) is 0 Å². The van der Waals surface area contributed by atoms with Gasteiger partial charge in [-0.1, -0.05) is 47.5 Å². The van der Waals surface area contributed by atoms with Crippen molar-refractivity contribution >= 4 is 11.8 Å². The first-order chi connectivity index (χ1) is 11.4. The second kappa shape index (κ2) is 13.2. The normalized spacial score (nSPS) is 15.0. The second-order valence-electron chi connectivity index (χ2n) is 7.11. The minimum Gasteiger partial charge on any atom is -0.395 e. The molecule has 0 radical (unpaired) electrons. The number of aliphatic hydroxyl groups excluding tert-OH is 1. The molecule has 0 saturated carbocycles. The van der Waals surface area contributed by atoms with Crippen LogP contribution in [0.15, 0.2) is 0 Å². The maximum atomic E-state index is 12.3. The minimum absolute atomic E-state index is 0.00997. The van der Waals surface area contributed by atoms with Crippen molar-refractivity contribution < 1.29 is 14.7 Å². The molecule has 0 aromatic carbocycles. The molecular weight excluding hydrogens is 304 g/mol. The van der Waals surface area contributed by atoms with E-state index >= 15 is 0 Å². The van der Waals surface area contributed by atoms with Gasteiger partial charge in [0.25, 0.3) is 0 Å². The molecule has 0 spiro atoms. The van der Waals surface area contributed by atoms with E-state index in [9.17, 15) is 9.59 Å². The third kappa shape index (κ3) is 8.67. The lowest BCUT2D eigenvalue weighted by Gasteiger charge is -2.24. The lowest BCUT2D eigenvalue weighted by molar-refractivity contribution is -0.127. The van der Waals surface area contributed by atoms with Crippen molar-refractivity contribution in [1.82, 2.24) is 10.6 Å². The van der Waals surface area contributed by atoms with Crippen LogP contribution in [0.4, 0.5) is 0 Å². The van der Waals surface area contributed by atoms with Gasteiger partial charge in [-0.15, -0.1) is 0 Å². The van der Waals surface area contributed by atoms with E-state index in [1.165, 1.54) is 0 Å². The quantitative estimate of drug-likeness (QED) is 0.481. The topological polar surface area (TPSA) is 78.4 Å². The Morgan fingerprint density at radius 1 is 0.833 bits per heavy atom. The summed E-state index contributed by atoms with van der Waals surface area (Å²) in [4.78, 5) is 24.5. The van der Waals surface area contributed by atoms with Gasteiger partial charge in [-0.2, -0.15) is 0 Å². The first-order valence-corrected chi connectivity index (χ1v) is 9.55. The molecule has 0 aliphatic carbocycles. The fourth-order valence-electron chi connectivity index (χ4n) is 3.13. The Kier molecular flexibility index (Phi) is 12.6. The Hall–Kier alpha value is -1.10. The average molecular weight is 343 g/mol. The summed E-state index contributed by atoms with van der Waals surface area (Å²) in [6, 6.07) is 0. The molecule has 0 heterocycles. The molecule has 1 unspecified atom stereocenters. The number of rotatable bonds is 13. The summed E-state index contributed by atoms with van der Waals surface area (Å²) in [6.45, 7) is 11.3. The fourth-order valence-corrected chi connectivity index (χ4v) is 3.13. The lowest BCUT2D eigenvalue weighted by atomic mass is 9.86. The molecule has 0 aliphatic rings. The van der Waals surface area contributed by atoms with Crippen molar-refractivity contribution in [1.29, 1.82) is 0 Å². The molecule has 0 aromatic heterocycles. The summed E-state index contributed by atoms with van der Waals surface area (Å²) in [5.41, 5.74) is 0. The van der Waals surface area contributed by atoms with E-state index in [-0.39, 0.29) is 36.2 Å². The maximum Gasteiger partial charge on any atom is 0.223 e. The van der Waals surface area contributed by atoms with Gasteiger partial charge in [0.15, 0.2) is 0 Å². The Balaban J connectivity index is 4.43. The molecular formula is C19H38N2O3. The maximum absolute atomic E-state index is 12.3. The third-order valence-electron chi connectivity index (χ3n) is 4.67. The van der Waals surface area contributed by atoms with E-state index in [1.807, 2.05) is 0 Å². The van der Waals surface area contributed by atoms with Crippen LogP contribution in [0.3, 0.4) is 0 Å². The molecule has 24 heavy (non-hydrogen) atoms. The monoisotopic (exact) mass is 342 g/mol. The number of amides is 2. The lowest BCUT2D eigenvalue weighted by Crippen LogP contribution is -2.38. The molecule has 5 heteroatoms. The number of nitrogens with one attached hydrogen (secondary N) is 2. The van der Waals surface area contributed by atoms with Gasteiger partial charge in [-0.3, -0.25) is 9.59 Å². The predicted octanol–water partition coefficient (Wildman–Crippen LogP) is 2.73. The van der Waals surface area contributed by atoms with Gasteiger partial charge in [0.05, 0.1) is 6.61 Å². The van der Waals surface area contributed by atoms with Crippen LogP contribution in [-0.4, -0.2) is 36.6 Å². The molecule has 0 bridgehead atoms. The summed E-state index contributed by atoms with van der Waals surface area (Å²) in [5.74, 6) is 0.707. The highest BCUT2D eigenvalue weighted by molar-refractivity contribution is 5.79. The number of hydrogen-bond donors (Lipinski definition) is 3. The summed E-state index contributed by atoms with van der Waals surface area (Å²) in [5, 5.41) is 14.7.